The van der Waals surface area contributed by atoms with Crippen LogP contribution in [0.25, 0.3) is 27.6 Å². The van der Waals surface area contributed by atoms with Crippen molar-refractivity contribution in [2.45, 2.75) is 119 Å². The minimum atomic E-state index is -0.228. The van der Waals surface area contributed by atoms with Crippen molar-refractivity contribution in [3.8, 4) is 17.3 Å². The molecule has 1 aliphatic heterocycles. The van der Waals surface area contributed by atoms with E-state index in [0.717, 1.165) is 39.0 Å². The van der Waals surface area contributed by atoms with Gasteiger partial charge < -0.3 is 19.1 Å². The number of aromatic nitrogens is 2. The van der Waals surface area contributed by atoms with E-state index in [1.54, 1.807) is 0 Å². The average Bonchev–Trinajstić information content (AvgIpc) is 3.81. The topological polar surface area (TPSA) is 33.5 Å². The van der Waals surface area contributed by atoms with Crippen molar-refractivity contribution in [3.05, 3.63) is 174 Å². The van der Waals surface area contributed by atoms with Gasteiger partial charge in [0.25, 0.3) is 0 Å². The normalized spacial score (nSPS) is 14.0. The second-order valence-corrected chi connectivity index (χ2v) is 21.7. The summed E-state index contributed by atoms with van der Waals surface area (Å²) in [6.07, 6.45) is 4.16. The Balaban J connectivity index is 0.00000595. The Hall–Kier alpha value is -5.12. The summed E-state index contributed by atoms with van der Waals surface area (Å²) in [7, 11) is 0. The van der Waals surface area contributed by atoms with E-state index in [9.17, 15) is 0 Å². The maximum absolute atomic E-state index is 6.68. The number of ether oxygens (including phenoxy) is 1. The standard InChI is InChI=1S/C57H63N4O.Pt/c1-53(2,3)39-23-26-49-48(32-39)47-25-24-46(35-50(47)61(49)52-33-40(27-28-58-52)57(13,14)38-19-16-15-17-20-38)62-45-22-18-21-43(34-45)59-36-51(56(10,11)12)60(37-59)44-30-41(54(4,5)6)29-42(31-44)55(7,8)9;/h15-33,36-37H,1-14H3;/q-3;. The smallest absolute Gasteiger partial charge is 0.135 e. The van der Waals surface area contributed by atoms with Crippen LogP contribution in [0.3, 0.4) is 0 Å². The van der Waals surface area contributed by atoms with Crippen molar-refractivity contribution in [2.75, 3.05) is 9.80 Å². The van der Waals surface area contributed by atoms with Gasteiger partial charge in [0, 0.05) is 66.5 Å². The predicted octanol–water partition coefficient (Wildman–Crippen LogP) is 15.1. The van der Waals surface area contributed by atoms with Gasteiger partial charge in [0.15, 0.2) is 0 Å². The number of benzene rings is 5. The molecule has 8 rings (SSSR count). The van der Waals surface area contributed by atoms with Gasteiger partial charge >= 0.3 is 0 Å². The van der Waals surface area contributed by atoms with Crippen LogP contribution >= 0.6 is 0 Å². The summed E-state index contributed by atoms with van der Waals surface area (Å²) < 4.78 is 8.92. The van der Waals surface area contributed by atoms with Crippen LogP contribution in [-0.2, 0) is 42.7 Å². The number of fused-ring (bicyclic) bond motifs is 3. The third-order valence-electron chi connectivity index (χ3n) is 12.4. The van der Waals surface area contributed by atoms with Crippen LogP contribution in [0.5, 0.6) is 11.5 Å². The van der Waals surface area contributed by atoms with Crippen molar-refractivity contribution in [3.63, 3.8) is 0 Å². The number of anilines is 2. The number of allylic oxidation sites excluding steroid dienone is 1. The van der Waals surface area contributed by atoms with E-state index in [0.29, 0.717) is 11.5 Å². The molecule has 330 valence electrons. The van der Waals surface area contributed by atoms with Crippen molar-refractivity contribution in [2.24, 2.45) is 5.41 Å². The minimum Gasteiger partial charge on any atom is -0.509 e. The van der Waals surface area contributed by atoms with Gasteiger partial charge in [-0.25, -0.2) is 4.98 Å². The van der Waals surface area contributed by atoms with Gasteiger partial charge in [-0.05, 0) is 86.0 Å². The number of rotatable bonds is 7. The monoisotopic (exact) mass is 1010 g/mol. The zero-order chi connectivity index (χ0) is 44.6. The molecule has 1 aliphatic rings. The van der Waals surface area contributed by atoms with E-state index in [1.165, 1.54) is 33.5 Å². The van der Waals surface area contributed by atoms with E-state index in [1.807, 2.05) is 24.4 Å². The van der Waals surface area contributed by atoms with Crippen LogP contribution in [0.15, 0.2) is 127 Å². The molecule has 6 heteroatoms. The Labute approximate surface area is 391 Å². The van der Waals surface area contributed by atoms with Gasteiger partial charge in [-0.2, -0.15) is 12.1 Å². The van der Waals surface area contributed by atoms with Gasteiger partial charge in [-0.3, -0.25) is 0 Å². The molecular formula is C57H63N4OPt-3. The van der Waals surface area contributed by atoms with Gasteiger partial charge in [-0.1, -0.05) is 151 Å². The molecular weight excluding hydrogens is 952 g/mol. The number of hydrogen-bond acceptors (Lipinski definition) is 4. The molecule has 3 heterocycles. The molecule has 0 radical (unpaired) electrons. The molecule has 63 heavy (non-hydrogen) atoms. The van der Waals surface area contributed by atoms with Crippen LogP contribution in [0.4, 0.5) is 11.4 Å². The van der Waals surface area contributed by atoms with Crippen molar-refractivity contribution >= 4 is 33.2 Å². The molecule has 0 aliphatic carbocycles. The van der Waals surface area contributed by atoms with E-state index >= 15 is 0 Å². The molecule has 0 bridgehead atoms. The van der Waals surface area contributed by atoms with Crippen LogP contribution in [0.2, 0.25) is 0 Å². The second-order valence-electron chi connectivity index (χ2n) is 21.7. The molecule has 0 amide bonds. The molecule has 0 unspecified atom stereocenters. The Morgan fingerprint density at radius 2 is 1.19 bits per heavy atom. The van der Waals surface area contributed by atoms with Gasteiger partial charge in [0.1, 0.15) is 5.82 Å². The molecule has 2 aromatic heterocycles. The first-order valence-electron chi connectivity index (χ1n) is 22.0. The first-order valence-corrected chi connectivity index (χ1v) is 22.0. The molecule has 0 N–H and O–H groups in total. The molecule has 5 aromatic carbocycles. The molecule has 7 aromatic rings. The Morgan fingerprint density at radius 1 is 0.540 bits per heavy atom. The fourth-order valence-electron chi connectivity index (χ4n) is 8.33. The Kier molecular flexibility index (Phi) is 12.0. The first kappa shape index (κ1) is 45.9. The molecule has 0 fully saturated rings. The van der Waals surface area contributed by atoms with E-state index in [-0.39, 0.29) is 48.1 Å². The van der Waals surface area contributed by atoms with E-state index in [2.05, 4.69) is 227 Å². The SMILES string of the molecule is CC(C)(C)C1=CN(c2[c-]c(Oc3[c-]c4c(cc3)c3cc(C(C)(C)C)ccc3n4-c3cc(C(C)(C)c4ccccc4)ccn3)ccc2)[CH-]N1c1cc(C(C)(C)C)cc(C(C)(C)C)c1.[Pt]. The van der Waals surface area contributed by atoms with Gasteiger partial charge in [0.05, 0.1) is 0 Å². The summed E-state index contributed by atoms with van der Waals surface area (Å²) in [6, 6.07) is 46.5. The third-order valence-corrected chi connectivity index (χ3v) is 12.4. The fourth-order valence-corrected chi connectivity index (χ4v) is 8.33. The summed E-state index contributed by atoms with van der Waals surface area (Å²) in [4.78, 5) is 9.51. The van der Waals surface area contributed by atoms with E-state index in [4.69, 9.17) is 9.72 Å². The summed E-state index contributed by atoms with van der Waals surface area (Å²) in [5.41, 5.74) is 11.3. The number of pyridine rings is 1. The zero-order valence-corrected chi connectivity index (χ0v) is 41.9. The summed E-state index contributed by atoms with van der Waals surface area (Å²) in [5.74, 6) is 2.07. The first-order chi connectivity index (χ1) is 29.0. The van der Waals surface area contributed by atoms with Crippen LogP contribution in [-0.4, -0.2) is 9.55 Å². The molecule has 0 saturated heterocycles. The predicted molar refractivity (Wildman–Crippen MR) is 261 cm³/mol. The summed E-state index contributed by atoms with van der Waals surface area (Å²) in [6.45, 7) is 34.1. The fraction of sp³-hybridized carbons (Fsp3) is 0.333. The second kappa shape index (κ2) is 16.5. The number of nitrogens with zero attached hydrogens (tertiary/aromatic N) is 4. The number of hydrogen-bond donors (Lipinski definition) is 0. The maximum Gasteiger partial charge on any atom is 0.135 e. The van der Waals surface area contributed by atoms with Crippen molar-refractivity contribution in [1.82, 2.24) is 9.55 Å². The maximum atomic E-state index is 6.68. The van der Waals surface area contributed by atoms with Crippen molar-refractivity contribution < 1.29 is 25.8 Å². The van der Waals surface area contributed by atoms with Gasteiger partial charge in [-0.15, -0.1) is 48.1 Å². The van der Waals surface area contributed by atoms with Crippen molar-refractivity contribution in [1.29, 1.82) is 0 Å². The summed E-state index contributed by atoms with van der Waals surface area (Å²) in [5, 5.41) is 2.26. The summed E-state index contributed by atoms with van der Waals surface area (Å²) >= 11 is 0. The largest absolute Gasteiger partial charge is 0.509 e. The molecule has 0 spiro atoms. The van der Waals surface area contributed by atoms with Crippen LogP contribution < -0.4 is 14.5 Å². The Bertz CT molecular complexity index is 2790. The van der Waals surface area contributed by atoms with Crippen LogP contribution in [0, 0.1) is 24.2 Å². The van der Waals surface area contributed by atoms with E-state index < -0.39 is 0 Å². The van der Waals surface area contributed by atoms with Gasteiger partial charge in [0.2, 0.25) is 0 Å². The van der Waals surface area contributed by atoms with Crippen LogP contribution in [0.1, 0.15) is 125 Å². The molecule has 0 saturated carbocycles. The quantitative estimate of drug-likeness (QED) is 0.149. The third kappa shape index (κ3) is 9.14. The average molecular weight is 1020 g/mol. The molecule has 5 nitrogen and oxygen atoms in total. The molecule has 0 atom stereocenters. The zero-order valence-electron chi connectivity index (χ0n) is 39.6. The minimum absolute atomic E-state index is 0. The Morgan fingerprint density at radius 3 is 1.83 bits per heavy atom.